The van der Waals surface area contributed by atoms with E-state index in [1.54, 1.807) is 17.3 Å². The monoisotopic (exact) mass is 325 g/mol. The number of pyridine rings is 2. The van der Waals surface area contributed by atoms with Gasteiger partial charge in [-0.2, -0.15) is 0 Å². The van der Waals surface area contributed by atoms with E-state index >= 15 is 0 Å². The van der Waals surface area contributed by atoms with Crippen LogP contribution in [-0.4, -0.2) is 26.5 Å². The van der Waals surface area contributed by atoms with E-state index in [-0.39, 0.29) is 24.0 Å². The zero-order valence-corrected chi connectivity index (χ0v) is 14.6. The van der Waals surface area contributed by atoms with Gasteiger partial charge in [-0.25, -0.2) is 4.98 Å². The minimum Gasteiger partial charge on any atom is -0.392 e. The molecule has 2 aromatic rings. The first-order valence-electron chi connectivity index (χ1n) is 8.17. The van der Waals surface area contributed by atoms with Crippen LogP contribution in [0.4, 0.5) is 5.82 Å². The SMILES string of the molecule is Cc1cnc(CC2C(=O)N(C(C)(C)C)c3ncccc32)c(CO)c1. The van der Waals surface area contributed by atoms with Crippen LogP contribution in [0.2, 0.25) is 0 Å². The van der Waals surface area contributed by atoms with Gasteiger partial charge in [-0.1, -0.05) is 12.1 Å². The maximum Gasteiger partial charge on any atom is 0.236 e. The number of amides is 1. The van der Waals surface area contributed by atoms with Crippen molar-refractivity contribution in [2.45, 2.75) is 52.2 Å². The molecule has 24 heavy (non-hydrogen) atoms. The van der Waals surface area contributed by atoms with E-state index in [0.29, 0.717) is 6.42 Å². The highest BCUT2D eigenvalue weighted by Crippen LogP contribution is 2.41. The van der Waals surface area contributed by atoms with Gasteiger partial charge in [0.2, 0.25) is 5.91 Å². The van der Waals surface area contributed by atoms with Crippen molar-refractivity contribution in [3.63, 3.8) is 0 Å². The molecule has 0 saturated heterocycles. The summed E-state index contributed by atoms with van der Waals surface area (Å²) in [5, 5.41) is 9.61. The first-order chi connectivity index (χ1) is 11.3. The lowest BCUT2D eigenvalue weighted by Crippen LogP contribution is -2.45. The van der Waals surface area contributed by atoms with Crippen molar-refractivity contribution in [1.29, 1.82) is 0 Å². The van der Waals surface area contributed by atoms with Crippen molar-refractivity contribution in [3.8, 4) is 0 Å². The second kappa shape index (κ2) is 5.98. The number of carbonyl (C=O) groups is 1. The minimum atomic E-state index is -0.338. The minimum absolute atomic E-state index is 0.0439. The normalized spacial score (nSPS) is 17.3. The third-order valence-corrected chi connectivity index (χ3v) is 4.36. The van der Waals surface area contributed by atoms with Gasteiger partial charge in [0.05, 0.1) is 12.5 Å². The van der Waals surface area contributed by atoms with Crippen molar-refractivity contribution in [2.75, 3.05) is 4.90 Å². The van der Waals surface area contributed by atoms with E-state index in [1.165, 1.54) is 0 Å². The zero-order valence-electron chi connectivity index (χ0n) is 14.6. The van der Waals surface area contributed by atoms with Gasteiger partial charge in [0.25, 0.3) is 0 Å². The summed E-state index contributed by atoms with van der Waals surface area (Å²) in [4.78, 5) is 23.8. The van der Waals surface area contributed by atoms with Crippen molar-refractivity contribution in [2.24, 2.45) is 0 Å². The lowest BCUT2D eigenvalue weighted by atomic mass is 9.94. The van der Waals surface area contributed by atoms with Crippen LogP contribution in [-0.2, 0) is 17.8 Å². The molecule has 0 saturated carbocycles. The number of hydrogen-bond acceptors (Lipinski definition) is 4. The van der Waals surface area contributed by atoms with Crippen molar-refractivity contribution < 1.29 is 9.90 Å². The Morgan fingerprint density at radius 3 is 2.71 bits per heavy atom. The topological polar surface area (TPSA) is 66.3 Å². The number of rotatable bonds is 3. The molecule has 0 radical (unpaired) electrons. The molecule has 1 amide bonds. The first kappa shape index (κ1) is 16.6. The quantitative estimate of drug-likeness (QED) is 0.942. The molecule has 1 N–H and O–H groups in total. The van der Waals surface area contributed by atoms with Crippen LogP contribution >= 0.6 is 0 Å². The Morgan fingerprint density at radius 2 is 2.04 bits per heavy atom. The molecule has 3 rings (SSSR count). The van der Waals surface area contributed by atoms with E-state index < -0.39 is 0 Å². The van der Waals surface area contributed by atoms with Crippen molar-refractivity contribution in [1.82, 2.24) is 9.97 Å². The molecule has 126 valence electrons. The number of aryl methyl sites for hydroxylation is 1. The van der Waals surface area contributed by atoms with Gasteiger partial charge in [-0.3, -0.25) is 14.7 Å². The van der Waals surface area contributed by atoms with E-state index in [0.717, 1.165) is 28.2 Å². The van der Waals surface area contributed by atoms with Crippen LogP contribution in [0.3, 0.4) is 0 Å². The van der Waals surface area contributed by atoms with Gasteiger partial charge >= 0.3 is 0 Å². The molecule has 0 fully saturated rings. The van der Waals surface area contributed by atoms with Crippen LogP contribution in [0.1, 0.15) is 49.1 Å². The summed E-state index contributed by atoms with van der Waals surface area (Å²) in [6, 6.07) is 5.75. The van der Waals surface area contributed by atoms with Crippen LogP contribution in [0, 0.1) is 6.92 Å². The second-order valence-electron chi connectivity index (χ2n) is 7.29. The zero-order chi connectivity index (χ0) is 17.5. The predicted octanol–water partition coefficient (Wildman–Crippen LogP) is 2.75. The maximum atomic E-state index is 13.1. The number of fused-ring (bicyclic) bond motifs is 1. The van der Waals surface area contributed by atoms with Gasteiger partial charge in [-0.05, 0) is 44.9 Å². The average Bonchev–Trinajstić information content (AvgIpc) is 2.81. The van der Waals surface area contributed by atoms with Gasteiger partial charge in [0.1, 0.15) is 5.82 Å². The molecule has 1 atom stereocenters. The summed E-state index contributed by atoms with van der Waals surface area (Å²) >= 11 is 0. The standard InChI is InChI=1S/C19H23N3O2/c1-12-8-13(11-23)16(21-10-12)9-15-14-6-5-7-20-17(14)22(18(15)24)19(2,3)4/h5-8,10,15,23H,9,11H2,1-4H3. The van der Waals surface area contributed by atoms with Crippen LogP contribution in [0.5, 0.6) is 0 Å². The Morgan fingerprint density at radius 1 is 1.29 bits per heavy atom. The van der Waals surface area contributed by atoms with Gasteiger partial charge in [0, 0.05) is 35.6 Å². The lowest BCUT2D eigenvalue weighted by Gasteiger charge is -2.31. The van der Waals surface area contributed by atoms with Gasteiger partial charge in [-0.15, -0.1) is 0 Å². The fourth-order valence-corrected chi connectivity index (χ4v) is 3.28. The van der Waals surface area contributed by atoms with E-state index in [1.807, 2.05) is 45.9 Å². The number of aromatic nitrogens is 2. The lowest BCUT2D eigenvalue weighted by molar-refractivity contribution is -0.120. The highest BCUT2D eigenvalue weighted by atomic mass is 16.3. The molecular weight excluding hydrogens is 302 g/mol. The summed E-state index contributed by atoms with van der Waals surface area (Å²) in [5.74, 6) is 0.466. The summed E-state index contributed by atoms with van der Waals surface area (Å²) < 4.78 is 0. The van der Waals surface area contributed by atoms with Crippen molar-refractivity contribution >= 4 is 11.7 Å². The number of hydrogen-bond donors (Lipinski definition) is 1. The van der Waals surface area contributed by atoms with Crippen LogP contribution in [0.25, 0.3) is 0 Å². The van der Waals surface area contributed by atoms with Gasteiger partial charge < -0.3 is 5.11 Å². The maximum absolute atomic E-state index is 13.1. The molecular formula is C19H23N3O2. The molecule has 0 spiro atoms. The van der Waals surface area contributed by atoms with Gasteiger partial charge in [0.15, 0.2) is 0 Å². The molecule has 5 heteroatoms. The van der Waals surface area contributed by atoms with Crippen molar-refractivity contribution in [3.05, 3.63) is 53.0 Å². The fourth-order valence-electron chi connectivity index (χ4n) is 3.28. The highest BCUT2D eigenvalue weighted by Gasteiger charge is 2.43. The molecule has 1 unspecified atom stereocenters. The smallest absolute Gasteiger partial charge is 0.236 e. The number of aliphatic hydroxyl groups is 1. The molecule has 0 aliphatic carbocycles. The largest absolute Gasteiger partial charge is 0.392 e. The summed E-state index contributed by atoms with van der Waals surface area (Å²) in [7, 11) is 0. The molecule has 0 bridgehead atoms. The summed E-state index contributed by atoms with van der Waals surface area (Å²) in [6.45, 7) is 7.89. The summed E-state index contributed by atoms with van der Waals surface area (Å²) in [5.41, 5.74) is 3.15. The Labute approximate surface area is 142 Å². The molecule has 2 aromatic heterocycles. The average molecular weight is 325 g/mol. The Hall–Kier alpha value is -2.27. The highest BCUT2D eigenvalue weighted by molar-refractivity contribution is 6.05. The number of aliphatic hydroxyl groups excluding tert-OH is 1. The van der Waals surface area contributed by atoms with Crippen LogP contribution in [0.15, 0.2) is 30.6 Å². The Bertz CT molecular complexity index is 780. The number of nitrogens with zero attached hydrogens (tertiary/aromatic N) is 3. The Balaban J connectivity index is 2.02. The first-order valence-corrected chi connectivity index (χ1v) is 8.17. The molecule has 1 aliphatic heterocycles. The van der Waals surface area contributed by atoms with E-state index in [4.69, 9.17) is 0 Å². The van der Waals surface area contributed by atoms with E-state index in [9.17, 15) is 9.90 Å². The molecule has 0 aromatic carbocycles. The fraction of sp³-hybridized carbons (Fsp3) is 0.421. The number of carbonyl (C=O) groups excluding carboxylic acids is 1. The third-order valence-electron chi connectivity index (χ3n) is 4.36. The molecule has 3 heterocycles. The predicted molar refractivity (Wildman–Crippen MR) is 92.8 cm³/mol. The molecule has 1 aliphatic rings. The van der Waals surface area contributed by atoms with E-state index in [2.05, 4.69) is 9.97 Å². The number of anilines is 1. The van der Waals surface area contributed by atoms with Crippen LogP contribution < -0.4 is 4.90 Å². The Kier molecular flexibility index (Phi) is 4.13. The molecule has 5 nitrogen and oxygen atoms in total. The second-order valence-corrected chi connectivity index (χ2v) is 7.29. The summed E-state index contributed by atoms with van der Waals surface area (Å²) in [6.07, 6.45) is 3.97. The third kappa shape index (κ3) is 2.80.